The van der Waals surface area contributed by atoms with Crippen LogP contribution in [0.2, 0.25) is 0 Å². The standard InChI is InChI=1S/C10H21NO2S/c1-6(2)11-9(12)5-8(10(11)13)14-7(3)4/h6-10,12-13H,5H2,1-4H3. The molecule has 0 amide bonds. The van der Waals surface area contributed by atoms with E-state index in [2.05, 4.69) is 13.8 Å². The molecule has 0 spiro atoms. The number of aliphatic hydroxyl groups is 2. The number of nitrogens with zero attached hydrogens (tertiary/aromatic N) is 1. The van der Waals surface area contributed by atoms with Crippen molar-refractivity contribution in [3.63, 3.8) is 0 Å². The lowest BCUT2D eigenvalue weighted by atomic mass is 10.3. The van der Waals surface area contributed by atoms with Crippen LogP contribution < -0.4 is 0 Å². The molecular weight excluding hydrogens is 198 g/mol. The summed E-state index contributed by atoms with van der Waals surface area (Å²) in [7, 11) is 0. The van der Waals surface area contributed by atoms with E-state index in [1.54, 1.807) is 16.7 Å². The molecule has 4 heteroatoms. The summed E-state index contributed by atoms with van der Waals surface area (Å²) in [5.41, 5.74) is 0. The van der Waals surface area contributed by atoms with E-state index in [9.17, 15) is 10.2 Å². The Morgan fingerprint density at radius 2 is 1.79 bits per heavy atom. The second kappa shape index (κ2) is 4.84. The molecule has 0 aromatic carbocycles. The van der Waals surface area contributed by atoms with Gasteiger partial charge < -0.3 is 10.2 Å². The second-order valence-electron chi connectivity index (χ2n) is 4.39. The van der Waals surface area contributed by atoms with Gasteiger partial charge in [-0.1, -0.05) is 13.8 Å². The third-order valence-electron chi connectivity index (χ3n) is 2.47. The first-order valence-electron chi connectivity index (χ1n) is 5.22. The Morgan fingerprint density at radius 3 is 2.14 bits per heavy atom. The Kier molecular flexibility index (Phi) is 4.25. The minimum absolute atomic E-state index is 0.146. The van der Waals surface area contributed by atoms with Gasteiger partial charge in [-0.3, -0.25) is 0 Å². The van der Waals surface area contributed by atoms with Crippen LogP contribution in [-0.4, -0.2) is 44.1 Å². The van der Waals surface area contributed by atoms with Crippen LogP contribution in [0.4, 0.5) is 0 Å². The van der Waals surface area contributed by atoms with E-state index in [4.69, 9.17) is 0 Å². The van der Waals surface area contributed by atoms with Crippen LogP contribution >= 0.6 is 11.8 Å². The predicted octanol–water partition coefficient (Wildman–Crippen LogP) is 1.25. The first-order valence-corrected chi connectivity index (χ1v) is 6.16. The summed E-state index contributed by atoms with van der Waals surface area (Å²) in [5.74, 6) is 0. The van der Waals surface area contributed by atoms with Crippen LogP contribution in [0.15, 0.2) is 0 Å². The molecule has 1 rings (SSSR count). The predicted molar refractivity (Wildman–Crippen MR) is 60.1 cm³/mol. The SMILES string of the molecule is CC(C)SC1CC(O)N(C(C)C)C1O. The van der Waals surface area contributed by atoms with Crippen molar-refractivity contribution >= 4 is 11.8 Å². The molecule has 84 valence electrons. The van der Waals surface area contributed by atoms with Gasteiger partial charge in [-0.2, -0.15) is 11.8 Å². The van der Waals surface area contributed by atoms with E-state index in [0.29, 0.717) is 11.7 Å². The minimum Gasteiger partial charge on any atom is -0.378 e. The van der Waals surface area contributed by atoms with Gasteiger partial charge in [-0.05, 0) is 19.1 Å². The fourth-order valence-corrected chi connectivity index (χ4v) is 3.21. The second-order valence-corrected chi connectivity index (χ2v) is 6.21. The third kappa shape index (κ3) is 2.63. The zero-order valence-corrected chi connectivity index (χ0v) is 10.2. The van der Waals surface area contributed by atoms with Crippen molar-refractivity contribution in [2.24, 2.45) is 0 Å². The maximum Gasteiger partial charge on any atom is 0.121 e. The Hall–Kier alpha value is 0.230. The van der Waals surface area contributed by atoms with Gasteiger partial charge in [0.1, 0.15) is 12.5 Å². The average molecular weight is 219 g/mol. The summed E-state index contributed by atoms with van der Waals surface area (Å²) in [6, 6.07) is 0.192. The fraction of sp³-hybridized carbons (Fsp3) is 1.00. The van der Waals surface area contributed by atoms with Crippen molar-refractivity contribution in [3.8, 4) is 0 Å². The molecule has 14 heavy (non-hydrogen) atoms. The van der Waals surface area contributed by atoms with Crippen molar-refractivity contribution < 1.29 is 10.2 Å². The maximum absolute atomic E-state index is 9.98. The molecule has 1 saturated heterocycles. The van der Waals surface area contributed by atoms with E-state index < -0.39 is 12.5 Å². The van der Waals surface area contributed by atoms with E-state index in [1.165, 1.54) is 0 Å². The van der Waals surface area contributed by atoms with E-state index >= 15 is 0 Å². The zero-order valence-electron chi connectivity index (χ0n) is 9.34. The number of hydrogen-bond acceptors (Lipinski definition) is 4. The van der Waals surface area contributed by atoms with Gasteiger partial charge in [0.15, 0.2) is 0 Å². The van der Waals surface area contributed by atoms with E-state index in [1.807, 2.05) is 13.8 Å². The van der Waals surface area contributed by atoms with Crippen LogP contribution in [0.3, 0.4) is 0 Å². The number of aliphatic hydroxyl groups excluding tert-OH is 2. The molecule has 3 atom stereocenters. The highest BCUT2D eigenvalue weighted by atomic mass is 32.2. The average Bonchev–Trinajstić information content (AvgIpc) is 2.25. The highest BCUT2D eigenvalue weighted by molar-refractivity contribution is 8.00. The van der Waals surface area contributed by atoms with Crippen LogP contribution in [0.1, 0.15) is 34.1 Å². The molecule has 2 N–H and O–H groups in total. The normalized spacial score (nSPS) is 34.7. The van der Waals surface area contributed by atoms with E-state index in [0.717, 1.165) is 0 Å². The summed E-state index contributed by atoms with van der Waals surface area (Å²) >= 11 is 1.74. The molecule has 3 nitrogen and oxygen atoms in total. The smallest absolute Gasteiger partial charge is 0.121 e. The first kappa shape index (κ1) is 12.3. The zero-order chi connectivity index (χ0) is 10.9. The number of rotatable bonds is 3. The fourth-order valence-electron chi connectivity index (χ4n) is 1.94. The molecule has 1 fully saturated rings. The molecule has 3 unspecified atom stereocenters. The number of likely N-dealkylation sites (tertiary alicyclic amines) is 1. The van der Waals surface area contributed by atoms with Crippen LogP contribution in [0.25, 0.3) is 0 Å². The quantitative estimate of drug-likeness (QED) is 0.750. The van der Waals surface area contributed by atoms with E-state index in [-0.39, 0.29) is 11.3 Å². The largest absolute Gasteiger partial charge is 0.378 e. The number of hydrogen-bond donors (Lipinski definition) is 2. The summed E-state index contributed by atoms with van der Waals surface area (Å²) in [5, 5.41) is 20.4. The molecule has 0 aromatic heterocycles. The lowest BCUT2D eigenvalue weighted by Crippen LogP contribution is -2.43. The molecule has 0 aromatic rings. The van der Waals surface area contributed by atoms with Crippen molar-refractivity contribution in [2.45, 2.75) is 63.1 Å². The van der Waals surface area contributed by atoms with Crippen LogP contribution in [0, 0.1) is 0 Å². The molecule has 0 radical (unpaired) electrons. The van der Waals surface area contributed by atoms with Gasteiger partial charge in [0.25, 0.3) is 0 Å². The van der Waals surface area contributed by atoms with Crippen molar-refractivity contribution in [2.75, 3.05) is 0 Å². The molecule has 1 heterocycles. The molecule has 0 saturated carbocycles. The van der Waals surface area contributed by atoms with Crippen LogP contribution in [-0.2, 0) is 0 Å². The highest BCUT2D eigenvalue weighted by Crippen LogP contribution is 2.34. The lowest BCUT2D eigenvalue weighted by molar-refractivity contribution is -0.0707. The van der Waals surface area contributed by atoms with Gasteiger partial charge in [-0.15, -0.1) is 0 Å². The Balaban J connectivity index is 2.59. The third-order valence-corrected chi connectivity index (χ3v) is 3.80. The minimum atomic E-state index is -0.502. The Morgan fingerprint density at radius 1 is 1.21 bits per heavy atom. The Bertz CT molecular complexity index is 187. The van der Waals surface area contributed by atoms with Gasteiger partial charge in [0.05, 0.1) is 0 Å². The summed E-state index contributed by atoms with van der Waals surface area (Å²) < 4.78 is 0. The molecule has 0 bridgehead atoms. The lowest BCUT2D eigenvalue weighted by Gasteiger charge is -2.29. The van der Waals surface area contributed by atoms with Gasteiger partial charge in [0, 0.05) is 17.7 Å². The summed E-state index contributed by atoms with van der Waals surface area (Å²) in [4.78, 5) is 1.78. The topological polar surface area (TPSA) is 43.7 Å². The highest BCUT2D eigenvalue weighted by Gasteiger charge is 2.40. The Labute approximate surface area is 90.5 Å². The number of thioether (sulfide) groups is 1. The molecule has 1 aliphatic heterocycles. The van der Waals surface area contributed by atoms with Gasteiger partial charge in [-0.25, -0.2) is 4.90 Å². The van der Waals surface area contributed by atoms with Crippen molar-refractivity contribution in [3.05, 3.63) is 0 Å². The maximum atomic E-state index is 9.98. The summed E-state index contributed by atoms with van der Waals surface area (Å²) in [6.45, 7) is 8.22. The molecule has 0 aliphatic carbocycles. The van der Waals surface area contributed by atoms with Crippen molar-refractivity contribution in [1.82, 2.24) is 4.90 Å². The summed E-state index contributed by atoms with van der Waals surface area (Å²) in [6.07, 6.45) is -0.319. The van der Waals surface area contributed by atoms with Gasteiger partial charge in [0.2, 0.25) is 0 Å². The first-order chi connectivity index (χ1) is 6.43. The molecule has 1 aliphatic rings. The van der Waals surface area contributed by atoms with Gasteiger partial charge >= 0.3 is 0 Å². The van der Waals surface area contributed by atoms with Crippen molar-refractivity contribution in [1.29, 1.82) is 0 Å². The monoisotopic (exact) mass is 219 g/mol. The molecular formula is C10H21NO2S. The van der Waals surface area contributed by atoms with Crippen LogP contribution in [0.5, 0.6) is 0 Å².